The molecule has 0 amide bonds. The van der Waals surface area contributed by atoms with E-state index in [2.05, 4.69) is 36.5 Å². The summed E-state index contributed by atoms with van der Waals surface area (Å²) in [6, 6.07) is 16.1. The Kier molecular flexibility index (Phi) is 3.45. The summed E-state index contributed by atoms with van der Waals surface area (Å²) in [5.41, 5.74) is 3.55. The first-order chi connectivity index (χ1) is 8.20. The van der Waals surface area contributed by atoms with Crippen LogP contribution in [0, 0.1) is 0 Å². The predicted octanol–water partition coefficient (Wildman–Crippen LogP) is 3.34. The molecule has 88 valence electrons. The Morgan fingerprint density at radius 3 is 2.35 bits per heavy atom. The van der Waals surface area contributed by atoms with Crippen molar-refractivity contribution in [1.29, 1.82) is 0 Å². The van der Waals surface area contributed by atoms with E-state index >= 15 is 0 Å². The fraction of sp³-hybridized carbons (Fsp3) is 0.200. The molecule has 0 saturated heterocycles. The summed E-state index contributed by atoms with van der Waals surface area (Å²) in [6.07, 6.45) is 0. The molecule has 0 radical (unpaired) electrons. The summed E-state index contributed by atoms with van der Waals surface area (Å²) in [6.45, 7) is 2.13. The lowest BCUT2D eigenvalue weighted by atomic mass is 10.0. The maximum Gasteiger partial charge on any atom is 0.115 e. The summed E-state index contributed by atoms with van der Waals surface area (Å²) in [5.74, 6) is 0.300. The third-order valence-electron chi connectivity index (χ3n) is 3.02. The van der Waals surface area contributed by atoms with Gasteiger partial charge in [-0.3, -0.25) is 0 Å². The second-order valence-electron chi connectivity index (χ2n) is 4.18. The van der Waals surface area contributed by atoms with Crippen LogP contribution in [0.5, 0.6) is 5.75 Å². The summed E-state index contributed by atoms with van der Waals surface area (Å²) in [7, 11) is 1.96. The van der Waals surface area contributed by atoms with Gasteiger partial charge in [-0.15, -0.1) is 0 Å². The van der Waals surface area contributed by atoms with Crippen LogP contribution in [0.3, 0.4) is 0 Å². The van der Waals surface area contributed by atoms with Crippen molar-refractivity contribution in [3.63, 3.8) is 0 Å². The van der Waals surface area contributed by atoms with Crippen molar-refractivity contribution >= 4 is 0 Å². The maximum absolute atomic E-state index is 9.27. The van der Waals surface area contributed by atoms with Crippen LogP contribution >= 0.6 is 0 Å². The van der Waals surface area contributed by atoms with Gasteiger partial charge in [0.1, 0.15) is 5.75 Å². The molecule has 0 aliphatic rings. The van der Waals surface area contributed by atoms with Gasteiger partial charge < -0.3 is 10.4 Å². The highest BCUT2D eigenvalue weighted by atomic mass is 16.3. The van der Waals surface area contributed by atoms with Crippen molar-refractivity contribution in [3.05, 3.63) is 54.1 Å². The van der Waals surface area contributed by atoms with E-state index in [-0.39, 0.29) is 0 Å². The SMILES string of the molecule is CNC(C)c1cccc(-c2ccc(O)cc2)c1. The quantitative estimate of drug-likeness (QED) is 0.843. The smallest absolute Gasteiger partial charge is 0.115 e. The van der Waals surface area contributed by atoms with Crippen LogP contribution in [0.4, 0.5) is 0 Å². The molecular weight excluding hydrogens is 210 g/mol. The van der Waals surface area contributed by atoms with E-state index in [4.69, 9.17) is 0 Å². The van der Waals surface area contributed by atoms with Crippen LogP contribution in [0.2, 0.25) is 0 Å². The second-order valence-corrected chi connectivity index (χ2v) is 4.18. The monoisotopic (exact) mass is 227 g/mol. The minimum atomic E-state index is 0.300. The molecule has 1 unspecified atom stereocenters. The molecule has 2 heteroatoms. The Labute approximate surface area is 102 Å². The summed E-state index contributed by atoms with van der Waals surface area (Å²) in [4.78, 5) is 0. The van der Waals surface area contributed by atoms with Crippen molar-refractivity contribution < 1.29 is 5.11 Å². The fourth-order valence-electron chi connectivity index (χ4n) is 1.81. The molecule has 17 heavy (non-hydrogen) atoms. The Bertz CT molecular complexity index is 491. The lowest BCUT2D eigenvalue weighted by Crippen LogP contribution is -2.12. The minimum Gasteiger partial charge on any atom is -0.508 e. The Hall–Kier alpha value is -1.80. The predicted molar refractivity (Wildman–Crippen MR) is 71.0 cm³/mol. The van der Waals surface area contributed by atoms with Gasteiger partial charge in [0.2, 0.25) is 0 Å². The number of hydrogen-bond donors (Lipinski definition) is 2. The number of aromatic hydroxyl groups is 1. The molecule has 0 spiro atoms. The maximum atomic E-state index is 9.27. The zero-order valence-corrected chi connectivity index (χ0v) is 10.1. The van der Waals surface area contributed by atoms with Crippen molar-refractivity contribution in [3.8, 4) is 16.9 Å². The third-order valence-corrected chi connectivity index (χ3v) is 3.02. The van der Waals surface area contributed by atoms with Gasteiger partial charge in [-0.05, 0) is 48.9 Å². The van der Waals surface area contributed by atoms with Gasteiger partial charge in [-0.1, -0.05) is 30.3 Å². The van der Waals surface area contributed by atoms with E-state index in [1.165, 1.54) is 11.1 Å². The first-order valence-electron chi connectivity index (χ1n) is 5.77. The number of nitrogens with one attached hydrogen (secondary N) is 1. The van der Waals surface area contributed by atoms with Crippen molar-refractivity contribution in [2.45, 2.75) is 13.0 Å². The highest BCUT2D eigenvalue weighted by Gasteiger charge is 2.04. The van der Waals surface area contributed by atoms with Crippen LogP contribution in [-0.4, -0.2) is 12.2 Å². The van der Waals surface area contributed by atoms with Gasteiger partial charge in [0.05, 0.1) is 0 Å². The molecule has 2 N–H and O–H groups in total. The van der Waals surface area contributed by atoms with Crippen LogP contribution in [0.25, 0.3) is 11.1 Å². The lowest BCUT2D eigenvalue weighted by Gasteiger charge is -2.12. The van der Waals surface area contributed by atoms with Crippen LogP contribution in [0.1, 0.15) is 18.5 Å². The highest BCUT2D eigenvalue weighted by Crippen LogP contribution is 2.24. The topological polar surface area (TPSA) is 32.3 Å². The van der Waals surface area contributed by atoms with E-state index in [1.54, 1.807) is 12.1 Å². The first-order valence-corrected chi connectivity index (χ1v) is 5.77. The number of rotatable bonds is 3. The van der Waals surface area contributed by atoms with Gasteiger partial charge in [0, 0.05) is 6.04 Å². The highest BCUT2D eigenvalue weighted by molar-refractivity contribution is 5.65. The molecule has 0 heterocycles. The zero-order chi connectivity index (χ0) is 12.3. The number of benzene rings is 2. The average molecular weight is 227 g/mol. The van der Waals surface area contributed by atoms with Crippen molar-refractivity contribution in [2.24, 2.45) is 0 Å². The van der Waals surface area contributed by atoms with E-state index < -0.39 is 0 Å². The van der Waals surface area contributed by atoms with Gasteiger partial charge in [0.15, 0.2) is 0 Å². The largest absolute Gasteiger partial charge is 0.508 e. The van der Waals surface area contributed by atoms with E-state index in [9.17, 15) is 5.11 Å². The van der Waals surface area contributed by atoms with E-state index in [0.29, 0.717) is 11.8 Å². The van der Waals surface area contributed by atoms with Gasteiger partial charge in [-0.2, -0.15) is 0 Å². The first kappa shape index (κ1) is 11.7. The lowest BCUT2D eigenvalue weighted by molar-refractivity contribution is 0.475. The van der Waals surface area contributed by atoms with Gasteiger partial charge >= 0.3 is 0 Å². The molecule has 0 fully saturated rings. The van der Waals surface area contributed by atoms with E-state index in [1.807, 2.05) is 19.2 Å². The van der Waals surface area contributed by atoms with Crippen molar-refractivity contribution in [2.75, 3.05) is 7.05 Å². The second kappa shape index (κ2) is 5.02. The Balaban J connectivity index is 2.36. The third kappa shape index (κ3) is 2.66. The normalized spacial score (nSPS) is 12.4. The molecule has 1 atom stereocenters. The number of phenols is 1. The summed E-state index contributed by atoms with van der Waals surface area (Å²) in [5, 5.41) is 12.5. The molecule has 2 aromatic carbocycles. The molecule has 2 aromatic rings. The molecule has 0 saturated carbocycles. The van der Waals surface area contributed by atoms with Crippen LogP contribution in [-0.2, 0) is 0 Å². The van der Waals surface area contributed by atoms with Crippen molar-refractivity contribution in [1.82, 2.24) is 5.32 Å². The molecule has 0 aliphatic heterocycles. The fourth-order valence-corrected chi connectivity index (χ4v) is 1.81. The zero-order valence-electron chi connectivity index (χ0n) is 10.1. The molecular formula is C15H17NO. The van der Waals surface area contributed by atoms with Crippen LogP contribution in [0.15, 0.2) is 48.5 Å². The summed E-state index contributed by atoms with van der Waals surface area (Å²) < 4.78 is 0. The summed E-state index contributed by atoms with van der Waals surface area (Å²) >= 11 is 0. The van der Waals surface area contributed by atoms with Gasteiger partial charge in [-0.25, -0.2) is 0 Å². The molecule has 2 nitrogen and oxygen atoms in total. The molecule has 0 aliphatic carbocycles. The molecule has 0 bridgehead atoms. The average Bonchev–Trinajstić information content (AvgIpc) is 2.39. The van der Waals surface area contributed by atoms with Crippen LogP contribution < -0.4 is 5.32 Å². The minimum absolute atomic E-state index is 0.300. The molecule has 0 aromatic heterocycles. The Morgan fingerprint density at radius 1 is 1.00 bits per heavy atom. The molecule has 2 rings (SSSR count). The van der Waals surface area contributed by atoms with E-state index in [0.717, 1.165) is 5.56 Å². The Morgan fingerprint density at radius 2 is 1.71 bits per heavy atom. The number of phenolic OH excluding ortho intramolecular Hbond substituents is 1. The number of hydrogen-bond acceptors (Lipinski definition) is 2. The standard InChI is InChI=1S/C15H17NO/c1-11(16-2)13-4-3-5-14(10-13)12-6-8-15(17)9-7-12/h3-11,16-17H,1-2H3. The van der Waals surface area contributed by atoms with Gasteiger partial charge in [0.25, 0.3) is 0 Å².